The molecule has 3 rings (SSSR count). The molecule has 1 aromatic rings. The van der Waals surface area contributed by atoms with Gasteiger partial charge in [0.25, 0.3) is 11.8 Å². The van der Waals surface area contributed by atoms with E-state index in [1.54, 1.807) is 24.3 Å². The van der Waals surface area contributed by atoms with Gasteiger partial charge in [0.1, 0.15) is 5.76 Å². The number of imide groups is 1. The highest BCUT2D eigenvalue weighted by Crippen LogP contribution is 2.36. The van der Waals surface area contributed by atoms with Crippen LogP contribution in [0.5, 0.6) is 0 Å². The standard InChI is InChI=1S/C24H30N2O4/c1-4-5-12-25-18(21-19(27)14-24(2,3)15-20(21)28)11-8-13-26-22(29)16-9-6-7-10-17(16)23(26)30/h6-7,9-10,27H,4-5,8,11-15H2,1-3H3. The topological polar surface area (TPSA) is 87.0 Å². The lowest BCUT2D eigenvalue weighted by Crippen LogP contribution is -2.32. The van der Waals surface area contributed by atoms with E-state index in [0.717, 1.165) is 12.8 Å². The number of carbonyl (C=O) groups excluding carboxylic acids is 3. The molecule has 0 saturated heterocycles. The third-order valence-corrected chi connectivity index (χ3v) is 5.63. The molecule has 0 unspecified atom stereocenters. The summed E-state index contributed by atoms with van der Waals surface area (Å²) in [7, 11) is 0. The minimum Gasteiger partial charge on any atom is -0.511 e. The van der Waals surface area contributed by atoms with Crippen molar-refractivity contribution in [2.24, 2.45) is 10.4 Å². The fourth-order valence-electron chi connectivity index (χ4n) is 4.12. The Hall–Kier alpha value is -2.76. The van der Waals surface area contributed by atoms with Crippen LogP contribution in [0.3, 0.4) is 0 Å². The summed E-state index contributed by atoms with van der Waals surface area (Å²) in [5, 5.41) is 10.6. The van der Waals surface area contributed by atoms with E-state index in [4.69, 9.17) is 0 Å². The molecule has 6 heteroatoms. The number of carbonyl (C=O) groups is 3. The van der Waals surface area contributed by atoms with E-state index in [1.807, 2.05) is 13.8 Å². The molecule has 0 saturated carbocycles. The first-order valence-electron chi connectivity index (χ1n) is 10.7. The van der Waals surface area contributed by atoms with Crippen LogP contribution in [0.1, 0.15) is 80.0 Å². The highest BCUT2D eigenvalue weighted by molar-refractivity contribution is 6.23. The number of hydrogen-bond donors (Lipinski definition) is 1. The maximum absolute atomic E-state index is 12.7. The van der Waals surface area contributed by atoms with E-state index in [0.29, 0.717) is 54.6 Å². The number of ketones is 1. The van der Waals surface area contributed by atoms with Gasteiger partial charge in [-0.25, -0.2) is 0 Å². The Labute approximate surface area is 177 Å². The number of unbranched alkanes of at least 4 members (excludes halogenated alkanes) is 1. The average Bonchev–Trinajstić information content (AvgIpc) is 2.91. The van der Waals surface area contributed by atoms with Crippen molar-refractivity contribution in [3.8, 4) is 0 Å². The molecule has 30 heavy (non-hydrogen) atoms. The number of benzene rings is 1. The van der Waals surface area contributed by atoms with E-state index in [9.17, 15) is 19.5 Å². The summed E-state index contributed by atoms with van der Waals surface area (Å²) in [6.45, 7) is 6.85. The third-order valence-electron chi connectivity index (χ3n) is 5.63. The summed E-state index contributed by atoms with van der Waals surface area (Å²) in [5.74, 6) is -0.540. The molecule has 2 aliphatic rings. The lowest BCUT2D eigenvalue weighted by atomic mass is 9.75. The summed E-state index contributed by atoms with van der Waals surface area (Å²) in [4.78, 5) is 43.7. The first kappa shape index (κ1) is 21.9. The highest BCUT2D eigenvalue weighted by Gasteiger charge is 2.36. The van der Waals surface area contributed by atoms with E-state index in [1.165, 1.54) is 4.90 Å². The van der Waals surface area contributed by atoms with Gasteiger partial charge in [-0.3, -0.25) is 24.3 Å². The predicted octanol–water partition coefficient (Wildman–Crippen LogP) is 4.51. The molecule has 0 radical (unpaired) electrons. The second-order valence-corrected chi connectivity index (χ2v) is 8.86. The second-order valence-electron chi connectivity index (χ2n) is 8.86. The van der Waals surface area contributed by atoms with Crippen molar-refractivity contribution in [3.63, 3.8) is 0 Å². The Bertz CT molecular complexity index is 892. The number of hydrogen-bond acceptors (Lipinski definition) is 5. The molecule has 1 heterocycles. The van der Waals surface area contributed by atoms with Gasteiger partial charge in [0.05, 0.1) is 16.7 Å². The number of aliphatic hydroxyl groups excluding tert-OH is 1. The largest absolute Gasteiger partial charge is 0.511 e. The van der Waals surface area contributed by atoms with Gasteiger partial charge in [0.2, 0.25) is 0 Å². The van der Waals surface area contributed by atoms with Gasteiger partial charge in [-0.1, -0.05) is 39.3 Å². The van der Waals surface area contributed by atoms with Gasteiger partial charge in [0.15, 0.2) is 5.78 Å². The Kier molecular flexibility index (Phi) is 6.54. The zero-order valence-electron chi connectivity index (χ0n) is 18.0. The van der Waals surface area contributed by atoms with Crippen molar-refractivity contribution in [1.29, 1.82) is 0 Å². The maximum Gasteiger partial charge on any atom is 0.261 e. The zero-order chi connectivity index (χ0) is 21.9. The number of amides is 2. The van der Waals surface area contributed by atoms with Crippen molar-refractivity contribution >= 4 is 23.3 Å². The molecular weight excluding hydrogens is 380 g/mol. The molecule has 1 aromatic carbocycles. The molecule has 2 amide bonds. The van der Waals surface area contributed by atoms with Crippen molar-refractivity contribution in [3.05, 3.63) is 46.7 Å². The summed E-state index contributed by atoms with van der Waals surface area (Å²) in [6.07, 6.45) is 3.62. The van der Waals surface area contributed by atoms with Crippen LogP contribution >= 0.6 is 0 Å². The minimum absolute atomic E-state index is 0.0836. The van der Waals surface area contributed by atoms with Gasteiger partial charge in [0, 0.05) is 31.6 Å². The van der Waals surface area contributed by atoms with Crippen molar-refractivity contribution < 1.29 is 19.5 Å². The van der Waals surface area contributed by atoms with E-state index >= 15 is 0 Å². The van der Waals surface area contributed by atoms with Crippen LogP contribution in [0.25, 0.3) is 0 Å². The van der Waals surface area contributed by atoms with E-state index in [-0.39, 0.29) is 35.3 Å². The molecular formula is C24H30N2O4. The summed E-state index contributed by atoms with van der Waals surface area (Å²) in [5.41, 5.74) is 1.54. The fourth-order valence-corrected chi connectivity index (χ4v) is 4.12. The molecule has 0 bridgehead atoms. The number of allylic oxidation sites excluding steroid dienone is 2. The number of rotatable bonds is 8. The molecule has 0 aromatic heterocycles. The molecule has 6 nitrogen and oxygen atoms in total. The number of nitrogens with zero attached hydrogens (tertiary/aromatic N) is 2. The smallest absolute Gasteiger partial charge is 0.261 e. The SMILES string of the molecule is CCCCN=C(CCCN1C(=O)c2ccccc2C1=O)C1=C(O)CC(C)(C)CC1=O. The minimum atomic E-state index is -0.280. The van der Waals surface area contributed by atoms with Crippen LogP contribution in [0, 0.1) is 5.41 Å². The Morgan fingerprint density at radius 3 is 2.27 bits per heavy atom. The van der Waals surface area contributed by atoms with Gasteiger partial charge in [-0.15, -0.1) is 0 Å². The Morgan fingerprint density at radius 2 is 1.70 bits per heavy atom. The maximum atomic E-state index is 12.7. The summed E-state index contributed by atoms with van der Waals surface area (Å²) >= 11 is 0. The van der Waals surface area contributed by atoms with Gasteiger partial charge in [-0.05, 0) is 36.8 Å². The molecule has 0 atom stereocenters. The van der Waals surface area contributed by atoms with Crippen LogP contribution in [0.4, 0.5) is 0 Å². The number of aliphatic imine (C=N–C) groups is 1. The first-order valence-corrected chi connectivity index (χ1v) is 10.7. The van der Waals surface area contributed by atoms with Crippen molar-refractivity contribution in [2.75, 3.05) is 13.1 Å². The predicted molar refractivity (Wildman–Crippen MR) is 116 cm³/mol. The van der Waals surface area contributed by atoms with Gasteiger partial charge in [-0.2, -0.15) is 0 Å². The molecule has 160 valence electrons. The van der Waals surface area contributed by atoms with E-state index < -0.39 is 0 Å². The van der Waals surface area contributed by atoms with Crippen LogP contribution in [-0.2, 0) is 4.79 Å². The summed E-state index contributed by atoms with van der Waals surface area (Å²) < 4.78 is 0. The normalized spacial score (nSPS) is 19.0. The van der Waals surface area contributed by atoms with Crippen LogP contribution < -0.4 is 0 Å². The molecule has 0 fully saturated rings. The lowest BCUT2D eigenvalue weighted by Gasteiger charge is -2.30. The van der Waals surface area contributed by atoms with Crippen LogP contribution in [0.15, 0.2) is 40.6 Å². The summed E-state index contributed by atoms with van der Waals surface area (Å²) in [6, 6.07) is 6.83. The molecule has 1 aliphatic heterocycles. The Morgan fingerprint density at radius 1 is 1.07 bits per heavy atom. The van der Waals surface area contributed by atoms with Crippen molar-refractivity contribution in [1.82, 2.24) is 4.90 Å². The quantitative estimate of drug-likeness (QED) is 0.388. The highest BCUT2D eigenvalue weighted by atomic mass is 16.3. The average molecular weight is 411 g/mol. The fraction of sp³-hybridized carbons (Fsp3) is 0.500. The second kappa shape index (κ2) is 8.94. The van der Waals surface area contributed by atoms with Gasteiger partial charge < -0.3 is 5.11 Å². The van der Waals surface area contributed by atoms with Crippen molar-refractivity contribution in [2.45, 2.75) is 59.3 Å². The Balaban J connectivity index is 1.73. The number of Topliss-reactive ketones (excluding diaryl/α,β-unsaturated/α-hetero) is 1. The molecule has 1 N–H and O–H groups in total. The zero-order valence-corrected chi connectivity index (χ0v) is 18.0. The van der Waals surface area contributed by atoms with Crippen LogP contribution in [0.2, 0.25) is 0 Å². The number of aliphatic hydroxyl groups is 1. The van der Waals surface area contributed by atoms with Gasteiger partial charge >= 0.3 is 0 Å². The van der Waals surface area contributed by atoms with E-state index in [2.05, 4.69) is 11.9 Å². The lowest BCUT2D eigenvalue weighted by molar-refractivity contribution is -0.118. The van der Waals surface area contributed by atoms with Crippen LogP contribution in [-0.4, -0.2) is 46.4 Å². The molecule has 0 spiro atoms. The first-order chi connectivity index (χ1) is 14.2. The monoisotopic (exact) mass is 410 g/mol. The third kappa shape index (κ3) is 4.53. The number of fused-ring (bicyclic) bond motifs is 1. The molecule has 1 aliphatic carbocycles.